The first-order chi connectivity index (χ1) is 16.6. The normalized spacial score (nSPS) is 11.9. The van der Waals surface area contributed by atoms with Crippen molar-refractivity contribution in [2.24, 2.45) is 0 Å². The van der Waals surface area contributed by atoms with E-state index in [-0.39, 0.29) is 23.3 Å². The first kappa shape index (κ1) is 30.4. The molecule has 0 bridgehead atoms. The van der Waals surface area contributed by atoms with Crippen LogP contribution in [0.2, 0.25) is 5.02 Å². The summed E-state index contributed by atoms with van der Waals surface area (Å²) in [5, 5.41) is 10.9. The molecule has 1 aromatic heterocycles. The molecule has 2 rings (SSSR count). The van der Waals surface area contributed by atoms with E-state index in [1.807, 2.05) is 57.0 Å². The molecule has 0 atom stereocenters. The number of benzene rings is 1. The van der Waals surface area contributed by atoms with E-state index in [4.69, 9.17) is 27.8 Å². The van der Waals surface area contributed by atoms with Crippen molar-refractivity contribution in [3.63, 3.8) is 0 Å². The fourth-order valence-corrected chi connectivity index (χ4v) is 3.34. The maximum absolute atomic E-state index is 12.2. The van der Waals surface area contributed by atoms with Crippen LogP contribution in [0.15, 0.2) is 48.3 Å². The van der Waals surface area contributed by atoms with Gasteiger partial charge in [-0.15, -0.1) is 0 Å². The van der Waals surface area contributed by atoms with Crippen molar-refractivity contribution >= 4 is 40.5 Å². The molecule has 1 heterocycles. The van der Waals surface area contributed by atoms with Crippen LogP contribution in [-0.2, 0) is 9.53 Å². The highest BCUT2D eigenvalue weighted by molar-refractivity contribution is 6.30. The van der Waals surface area contributed by atoms with Gasteiger partial charge in [0, 0.05) is 30.0 Å². The van der Waals surface area contributed by atoms with Crippen LogP contribution in [-0.4, -0.2) is 32.9 Å². The lowest BCUT2D eigenvalue weighted by Crippen LogP contribution is -2.25. The van der Waals surface area contributed by atoms with Gasteiger partial charge < -0.3 is 21.1 Å². The third kappa shape index (κ3) is 10.4. The number of halogens is 1. The van der Waals surface area contributed by atoms with Gasteiger partial charge in [0.25, 0.3) is 0 Å². The van der Waals surface area contributed by atoms with Gasteiger partial charge in [-0.3, -0.25) is 10.1 Å². The molecule has 0 fully saturated rings. The monoisotopic (exact) mass is 517 g/mol. The average Bonchev–Trinajstić information content (AvgIpc) is 2.72. The number of hydrogen-bond donors (Lipinski definition) is 2. The zero-order valence-corrected chi connectivity index (χ0v) is 22.7. The van der Waals surface area contributed by atoms with Crippen LogP contribution in [0.5, 0.6) is 0 Å². The molecule has 9 nitrogen and oxygen atoms in total. The molecule has 0 spiro atoms. The van der Waals surface area contributed by atoms with E-state index in [2.05, 4.69) is 25.0 Å². The van der Waals surface area contributed by atoms with Crippen LogP contribution < -0.4 is 11.5 Å². The second-order valence-corrected chi connectivity index (χ2v) is 9.66. The van der Waals surface area contributed by atoms with Crippen molar-refractivity contribution in [1.82, 2.24) is 9.88 Å². The largest absolute Gasteiger partial charge is 0.457 e. The van der Waals surface area contributed by atoms with Crippen LogP contribution >= 0.6 is 11.6 Å². The second-order valence-electron chi connectivity index (χ2n) is 9.22. The quantitative estimate of drug-likeness (QED) is 0.194. The minimum atomic E-state index is -0.609. The molecular weight excluding hydrogens is 482 g/mol. The predicted molar refractivity (Wildman–Crippen MR) is 146 cm³/mol. The lowest BCUT2D eigenvalue weighted by Gasteiger charge is -2.22. The predicted octanol–water partition coefficient (Wildman–Crippen LogP) is 6.12. The molecule has 2 aromatic rings. The number of nitrogens with two attached hydrogens (primary N) is 2. The molecule has 0 aliphatic heterocycles. The lowest BCUT2D eigenvalue weighted by molar-refractivity contribution is -0.384. The number of anilines is 2. The van der Waals surface area contributed by atoms with Gasteiger partial charge in [0.1, 0.15) is 11.4 Å². The van der Waals surface area contributed by atoms with Crippen molar-refractivity contribution in [1.29, 1.82) is 0 Å². The Morgan fingerprint density at radius 2 is 1.83 bits per heavy atom. The number of nitrogens with zero attached hydrogens (tertiary/aromatic N) is 3. The Labute approximate surface area is 217 Å². The van der Waals surface area contributed by atoms with Gasteiger partial charge in [-0.25, -0.2) is 9.78 Å². The Morgan fingerprint density at radius 3 is 2.33 bits per heavy atom. The van der Waals surface area contributed by atoms with E-state index >= 15 is 0 Å². The van der Waals surface area contributed by atoms with Crippen LogP contribution in [0.1, 0.15) is 59.1 Å². The summed E-state index contributed by atoms with van der Waals surface area (Å²) in [6.45, 7) is 14.4. The van der Waals surface area contributed by atoms with E-state index < -0.39 is 10.5 Å². The number of esters is 1. The molecule has 196 valence electrons. The lowest BCUT2D eigenvalue weighted by atomic mass is 10.0. The van der Waals surface area contributed by atoms with Gasteiger partial charge in [-0.2, -0.15) is 0 Å². The van der Waals surface area contributed by atoms with Gasteiger partial charge in [-0.05, 0) is 82.9 Å². The summed E-state index contributed by atoms with van der Waals surface area (Å²) in [6.07, 6.45) is 4.89. The van der Waals surface area contributed by atoms with Crippen molar-refractivity contribution < 1.29 is 14.5 Å². The van der Waals surface area contributed by atoms with Gasteiger partial charge in [0.05, 0.1) is 10.5 Å². The third-order valence-electron chi connectivity index (χ3n) is 4.66. The molecule has 0 saturated carbocycles. The van der Waals surface area contributed by atoms with E-state index in [0.29, 0.717) is 5.57 Å². The molecule has 0 unspecified atom stereocenters. The third-order valence-corrected chi connectivity index (χ3v) is 4.89. The summed E-state index contributed by atoms with van der Waals surface area (Å²) in [4.78, 5) is 27.3. The second kappa shape index (κ2) is 13.5. The number of nitrogen functional groups attached to an aromatic ring is 2. The molecule has 0 radical (unpaired) electrons. The molecule has 1 aromatic carbocycles. The number of ether oxygens (including phenoxy) is 1. The Hall–Kier alpha value is -3.59. The molecular formula is C26H36ClN5O4. The minimum Gasteiger partial charge on any atom is -0.457 e. The summed E-state index contributed by atoms with van der Waals surface area (Å²) < 4.78 is 5.43. The van der Waals surface area contributed by atoms with Gasteiger partial charge in [0.15, 0.2) is 0 Å². The fourth-order valence-electron chi connectivity index (χ4n) is 3.11. The maximum atomic E-state index is 12.2. The number of hydrogen-bond acceptors (Lipinski definition) is 8. The number of aromatic nitrogens is 1. The fraction of sp³-hybridized carbons (Fsp3) is 0.385. The number of carbonyl (C=O) groups is 1. The molecule has 0 aliphatic carbocycles. The van der Waals surface area contributed by atoms with E-state index in [9.17, 15) is 14.9 Å². The molecule has 10 heteroatoms. The van der Waals surface area contributed by atoms with Crippen LogP contribution in [0.3, 0.4) is 0 Å². The number of aryl methyl sites for hydroxylation is 1. The van der Waals surface area contributed by atoms with E-state index in [1.54, 1.807) is 6.92 Å². The average molecular weight is 518 g/mol. The summed E-state index contributed by atoms with van der Waals surface area (Å²) in [7, 11) is 0. The Balaban J connectivity index is 0.000000488. The number of nitro groups is 1. The smallest absolute Gasteiger partial charge is 0.335 e. The minimum absolute atomic E-state index is 0.157. The highest BCUT2D eigenvalue weighted by Gasteiger charge is 2.18. The zero-order valence-electron chi connectivity index (χ0n) is 22.0. The number of pyridine rings is 1. The topological polar surface area (TPSA) is 138 Å². The summed E-state index contributed by atoms with van der Waals surface area (Å²) in [5.41, 5.74) is 13.7. The Kier molecular flexibility index (Phi) is 11.4. The highest BCUT2D eigenvalue weighted by Crippen LogP contribution is 2.23. The van der Waals surface area contributed by atoms with E-state index in [1.165, 1.54) is 12.1 Å². The number of carbonyl (C=O) groups excluding carboxylic acids is 1. The van der Waals surface area contributed by atoms with Gasteiger partial charge >= 0.3 is 11.7 Å². The molecule has 4 N–H and O–H groups in total. The van der Waals surface area contributed by atoms with Crippen LogP contribution in [0.25, 0.3) is 5.57 Å². The van der Waals surface area contributed by atoms with Crippen LogP contribution in [0.4, 0.5) is 17.3 Å². The summed E-state index contributed by atoms with van der Waals surface area (Å²) in [5.74, 6) is -0.273. The van der Waals surface area contributed by atoms with Crippen molar-refractivity contribution in [2.45, 2.75) is 60.5 Å². The molecule has 36 heavy (non-hydrogen) atoms. The first-order valence-electron chi connectivity index (χ1n) is 11.4. The first-order valence-corrected chi connectivity index (χ1v) is 11.8. The SMILES string of the molecule is CCCN(/C=C(\C)C(=O)OC(C)(C)C)/C=C(\C)c1ccc(Cl)cc1C.Nc1ccc([N+](=O)[O-])c(N)n1. The number of rotatable bonds is 7. The molecule has 0 saturated heterocycles. The maximum Gasteiger partial charge on any atom is 0.335 e. The summed E-state index contributed by atoms with van der Waals surface area (Å²) >= 11 is 6.04. The van der Waals surface area contributed by atoms with Gasteiger partial charge in [0.2, 0.25) is 5.82 Å². The van der Waals surface area contributed by atoms with E-state index in [0.717, 1.165) is 34.7 Å². The van der Waals surface area contributed by atoms with Crippen molar-refractivity contribution in [2.75, 3.05) is 18.0 Å². The van der Waals surface area contributed by atoms with Crippen molar-refractivity contribution in [3.05, 3.63) is 74.6 Å². The Morgan fingerprint density at radius 1 is 1.19 bits per heavy atom. The highest BCUT2D eigenvalue weighted by atomic mass is 35.5. The summed E-state index contributed by atoms with van der Waals surface area (Å²) in [6, 6.07) is 8.43. The zero-order chi connectivity index (χ0) is 27.6. The van der Waals surface area contributed by atoms with Gasteiger partial charge in [-0.1, -0.05) is 24.6 Å². The van der Waals surface area contributed by atoms with Crippen LogP contribution in [0, 0.1) is 17.0 Å². The standard InChI is InChI=1S/C21H30ClNO2.C5H6N4O2/c1-8-11-23(14-17(4)20(24)25-21(5,6)7)13-16(3)19-10-9-18(22)12-15(19)2;6-4-2-1-3(9(10)11)5(7)8-4/h9-10,12-14H,8,11H2,1-7H3;1-2H,(H4,6,7,8)/b16-13+,17-14+;. The Bertz CT molecular complexity index is 1140. The van der Waals surface area contributed by atoms with Crippen molar-refractivity contribution in [3.8, 4) is 0 Å². The molecule has 0 amide bonds. The number of allylic oxidation sites excluding steroid dienone is 1. The molecule has 0 aliphatic rings.